The molecular formula is C13H17BrO4. The van der Waals surface area contributed by atoms with Gasteiger partial charge in [-0.15, -0.1) is 0 Å². The molecule has 4 nitrogen and oxygen atoms in total. The molecular weight excluding hydrogens is 300 g/mol. The van der Waals surface area contributed by atoms with Crippen molar-refractivity contribution in [2.24, 2.45) is 0 Å². The van der Waals surface area contributed by atoms with Gasteiger partial charge in [0.05, 0.1) is 24.3 Å². The number of carbonyl (C=O) groups excluding carboxylic acids is 1. The van der Waals surface area contributed by atoms with E-state index in [-0.39, 0.29) is 18.5 Å². The largest absolute Gasteiger partial charge is 0.496 e. The first-order valence-corrected chi connectivity index (χ1v) is 6.35. The number of ketones is 1. The highest BCUT2D eigenvalue weighted by molar-refractivity contribution is 9.10. The predicted molar refractivity (Wildman–Crippen MR) is 72.3 cm³/mol. The molecule has 100 valence electrons. The van der Waals surface area contributed by atoms with Gasteiger partial charge in [0.25, 0.3) is 0 Å². The lowest BCUT2D eigenvalue weighted by atomic mass is 10.1. The number of halogens is 1. The van der Waals surface area contributed by atoms with Crippen LogP contribution < -0.4 is 4.74 Å². The summed E-state index contributed by atoms with van der Waals surface area (Å²) in [5.74, 6) is 0.626. The zero-order chi connectivity index (χ0) is 13.5. The molecule has 0 aliphatic rings. The van der Waals surface area contributed by atoms with E-state index < -0.39 is 0 Å². The second kappa shape index (κ2) is 7.51. The second-order valence-corrected chi connectivity index (χ2v) is 4.70. The van der Waals surface area contributed by atoms with Crippen LogP contribution in [-0.4, -0.2) is 39.3 Å². The highest BCUT2D eigenvalue weighted by Crippen LogP contribution is 2.25. The summed E-state index contributed by atoms with van der Waals surface area (Å²) >= 11 is 3.34. The number of hydrogen-bond acceptors (Lipinski definition) is 4. The van der Waals surface area contributed by atoms with Gasteiger partial charge in [0.1, 0.15) is 12.4 Å². The Morgan fingerprint density at radius 3 is 2.67 bits per heavy atom. The van der Waals surface area contributed by atoms with Crippen molar-refractivity contribution < 1.29 is 19.0 Å². The number of benzene rings is 1. The van der Waals surface area contributed by atoms with E-state index in [1.54, 1.807) is 32.4 Å². The number of Topliss-reactive ketones (excluding diaryl/α,β-unsaturated/α-hetero) is 1. The van der Waals surface area contributed by atoms with E-state index in [9.17, 15) is 4.79 Å². The highest BCUT2D eigenvalue weighted by atomic mass is 79.9. The molecule has 0 bridgehead atoms. The average Bonchev–Trinajstić information content (AvgIpc) is 2.36. The molecule has 1 aromatic rings. The normalized spacial score (nSPS) is 12.2. The van der Waals surface area contributed by atoms with E-state index in [2.05, 4.69) is 15.9 Å². The van der Waals surface area contributed by atoms with Crippen LogP contribution in [-0.2, 0) is 9.47 Å². The summed E-state index contributed by atoms with van der Waals surface area (Å²) in [4.78, 5) is 11.9. The van der Waals surface area contributed by atoms with Crippen molar-refractivity contribution in [1.29, 1.82) is 0 Å². The van der Waals surface area contributed by atoms with Crippen LogP contribution in [0.3, 0.4) is 0 Å². The lowest BCUT2D eigenvalue weighted by molar-refractivity contribution is 0.0125. The van der Waals surface area contributed by atoms with E-state index in [4.69, 9.17) is 14.2 Å². The van der Waals surface area contributed by atoms with Gasteiger partial charge in [-0.05, 0) is 41.1 Å². The van der Waals surface area contributed by atoms with Crippen LogP contribution in [0.5, 0.6) is 5.75 Å². The fraction of sp³-hybridized carbons (Fsp3) is 0.462. The lowest BCUT2D eigenvalue weighted by Crippen LogP contribution is -2.19. The molecule has 1 aromatic carbocycles. The molecule has 0 fully saturated rings. The molecule has 0 N–H and O–H groups in total. The quantitative estimate of drug-likeness (QED) is 0.725. The van der Waals surface area contributed by atoms with Gasteiger partial charge in [0.15, 0.2) is 5.78 Å². The molecule has 0 heterocycles. The first-order valence-electron chi connectivity index (χ1n) is 5.55. The van der Waals surface area contributed by atoms with Crippen molar-refractivity contribution in [3.8, 4) is 5.75 Å². The Bertz CT molecular complexity index is 406. The minimum Gasteiger partial charge on any atom is -0.496 e. The monoisotopic (exact) mass is 316 g/mol. The van der Waals surface area contributed by atoms with Crippen LogP contribution in [0.2, 0.25) is 0 Å². The van der Waals surface area contributed by atoms with E-state index in [1.165, 1.54) is 0 Å². The Hall–Kier alpha value is -0.910. The molecule has 18 heavy (non-hydrogen) atoms. The van der Waals surface area contributed by atoms with Crippen LogP contribution in [0, 0.1) is 0 Å². The van der Waals surface area contributed by atoms with Gasteiger partial charge in [0.2, 0.25) is 0 Å². The number of methoxy groups -OCH3 is 2. The highest BCUT2D eigenvalue weighted by Gasteiger charge is 2.11. The molecule has 0 spiro atoms. The molecule has 0 saturated heterocycles. The van der Waals surface area contributed by atoms with Gasteiger partial charge in [-0.2, -0.15) is 0 Å². The standard InChI is InChI=1S/C13H17BrO4/c1-9(7-16-2)18-8-12(15)10-4-5-13(17-3)11(14)6-10/h4-6,9H,7-8H2,1-3H3. The fourth-order valence-corrected chi connectivity index (χ4v) is 1.96. The molecule has 1 rings (SSSR count). The smallest absolute Gasteiger partial charge is 0.188 e. The molecule has 0 aliphatic carbocycles. The van der Waals surface area contributed by atoms with Gasteiger partial charge in [0, 0.05) is 12.7 Å². The maximum Gasteiger partial charge on any atom is 0.188 e. The predicted octanol–water partition coefficient (Wildman–Crippen LogP) is 2.69. The van der Waals surface area contributed by atoms with Crippen molar-refractivity contribution in [3.05, 3.63) is 28.2 Å². The number of hydrogen-bond donors (Lipinski definition) is 0. The Kier molecular flexibility index (Phi) is 6.32. The van der Waals surface area contributed by atoms with Crippen molar-refractivity contribution in [1.82, 2.24) is 0 Å². The van der Waals surface area contributed by atoms with Gasteiger partial charge in [-0.3, -0.25) is 4.79 Å². The Labute approximate surface area is 115 Å². The third-order valence-electron chi connectivity index (χ3n) is 2.37. The molecule has 0 aliphatic heterocycles. The minimum absolute atomic E-state index is 0.0449. The topological polar surface area (TPSA) is 44.8 Å². The van der Waals surface area contributed by atoms with Crippen LogP contribution >= 0.6 is 15.9 Å². The van der Waals surface area contributed by atoms with Gasteiger partial charge >= 0.3 is 0 Å². The summed E-state index contributed by atoms with van der Waals surface area (Å²) in [5, 5.41) is 0. The molecule has 5 heteroatoms. The summed E-state index contributed by atoms with van der Waals surface area (Å²) < 4.78 is 16.2. The first kappa shape index (κ1) is 15.1. The van der Waals surface area contributed by atoms with E-state index >= 15 is 0 Å². The molecule has 0 aromatic heterocycles. The minimum atomic E-state index is -0.0966. The SMILES string of the molecule is COCC(C)OCC(=O)c1ccc(OC)c(Br)c1. The number of carbonyl (C=O) groups is 1. The van der Waals surface area contributed by atoms with E-state index in [0.29, 0.717) is 17.9 Å². The fourth-order valence-electron chi connectivity index (χ4n) is 1.42. The maximum atomic E-state index is 11.9. The average molecular weight is 317 g/mol. The third-order valence-corrected chi connectivity index (χ3v) is 2.99. The van der Waals surface area contributed by atoms with Crippen molar-refractivity contribution in [3.63, 3.8) is 0 Å². The molecule has 1 atom stereocenters. The summed E-state index contributed by atoms with van der Waals surface area (Å²) in [5.41, 5.74) is 0.590. The maximum absolute atomic E-state index is 11.9. The van der Waals surface area contributed by atoms with Crippen LogP contribution in [0.4, 0.5) is 0 Å². The number of rotatable bonds is 7. The zero-order valence-corrected chi connectivity index (χ0v) is 12.3. The van der Waals surface area contributed by atoms with Crippen LogP contribution in [0.1, 0.15) is 17.3 Å². The zero-order valence-electron chi connectivity index (χ0n) is 10.7. The second-order valence-electron chi connectivity index (χ2n) is 3.85. The van der Waals surface area contributed by atoms with Gasteiger partial charge in [-0.25, -0.2) is 0 Å². The Morgan fingerprint density at radius 1 is 1.39 bits per heavy atom. The molecule has 0 saturated carbocycles. The lowest BCUT2D eigenvalue weighted by Gasteiger charge is -2.11. The molecule has 1 unspecified atom stereocenters. The summed E-state index contributed by atoms with van der Waals surface area (Å²) in [6, 6.07) is 5.19. The molecule has 0 amide bonds. The van der Waals surface area contributed by atoms with Crippen molar-refractivity contribution in [2.75, 3.05) is 27.4 Å². The van der Waals surface area contributed by atoms with Crippen LogP contribution in [0.25, 0.3) is 0 Å². The number of ether oxygens (including phenoxy) is 3. The van der Waals surface area contributed by atoms with Crippen LogP contribution in [0.15, 0.2) is 22.7 Å². The van der Waals surface area contributed by atoms with Gasteiger partial charge in [-0.1, -0.05) is 0 Å². The summed E-state index contributed by atoms with van der Waals surface area (Å²) in [6.07, 6.45) is -0.0966. The molecule has 0 radical (unpaired) electrons. The van der Waals surface area contributed by atoms with E-state index in [0.717, 1.165) is 4.47 Å². The summed E-state index contributed by atoms with van der Waals surface area (Å²) in [6.45, 7) is 2.38. The van der Waals surface area contributed by atoms with Crippen molar-refractivity contribution >= 4 is 21.7 Å². The first-order chi connectivity index (χ1) is 8.58. The Morgan fingerprint density at radius 2 is 2.11 bits per heavy atom. The van der Waals surface area contributed by atoms with E-state index in [1.807, 2.05) is 6.92 Å². The third kappa shape index (κ3) is 4.40. The van der Waals surface area contributed by atoms with Gasteiger partial charge < -0.3 is 14.2 Å². The Balaban J connectivity index is 2.59. The summed E-state index contributed by atoms with van der Waals surface area (Å²) in [7, 11) is 3.18. The van der Waals surface area contributed by atoms with Crippen molar-refractivity contribution in [2.45, 2.75) is 13.0 Å².